The molecule has 0 aliphatic carbocycles. The Labute approximate surface area is 127 Å². The Morgan fingerprint density at radius 2 is 1.75 bits per heavy atom. The lowest BCUT2D eigenvalue weighted by molar-refractivity contribution is 0.276. The Kier molecular flexibility index (Phi) is 5.26. The maximum absolute atomic E-state index is 8.92. The number of rotatable bonds is 5. The fraction of sp³-hybridized carbons (Fsp3) is 0.200. The van der Waals surface area contributed by atoms with E-state index >= 15 is 0 Å². The summed E-state index contributed by atoms with van der Waals surface area (Å²) >= 11 is 11.9. The van der Waals surface area contributed by atoms with Crippen molar-refractivity contribution in [3.63, 3.8) is 0 Å². The van der Waals surface area contributed by atoms with Crippen molar-refractivity contribution in [2.45, 2.75) is 12.5 Å². The maximum atomic E-state index is 8.92. The number of hydrogen-bond donors (Lipinski definition) is 2. The van der Waals surface area contributed by atoms with Gasteiger partial charge >= 0.3 is 0 Å². The van der Waals surface area contributed by atoms with Gasteiger partial charge in [0.25, 0.3) is 0 Å². The summed E-state index contributed by atoms with van der Waals surface area (Å²) < 4.78 is 5.72. The van der Waals surface area contributed by atoms with Crippen LogP contribution in [0.3, 0.4) is 0 Å². The second-order valence-corrected chi connectivity index (χ2v) is 5.27. The topological polar surface area (TPSA) is 55.5 Å². The molecule has 2 rings (SSSR count). The second kappa shape index (κ2) is 6.95. The molecule has 2 aromatic rings. The molecule has 0 amide bonds. The first-order valence-corrected chi connectivity index (χ1v) is 6.94. The lowest BCUT2D eigenvalue weighted by Crippen LogP contribution is -2.11. The van der Waals surface area contributed by atoms with E-state index in [1.165, 1.54) is 0 Å². The van der Waals surface area contributed by atoms with Gasteiger partial charge in [-0.3, -0.25) is 0 Å². The highest BCUT2D eigenvalue weighted by molar-refractivity contribution is 6.34. The van der Waals surface area contributed by atoms with Gasteiger partial charge in [-0.15, -0.1) is 0 Å². The Morgan fingerprint density at radius 1 is 1.05 bits per heavy atom. The molecule has 0 aliphatic heterocycles. The van der Waals surface area contributed by atoms with Crippen LogP contribution in [0, 0.1) is 0 Å². The predicted octanol–water partition coefficient (Wildman–Crippen LogP) is 4.17. The van der Waals surface area contributed by atoms with Gasteiger partial charge in [-0.05, 0) is 42.3 Å². The number of hydrogen-bond acceptors (Lipinski definition) is 3. The van der Waals surface area contributed by atoms with Crippen molar-refractivity contribution < 1.29 is 9.84 Å². The molecule has 5 heteroatoms. The smallest absolute Gasteiger partial charge is 0.130 e. The van der Waals surface area contributed by atoms with E-state index in [-0.39, 0.29) is 12.6 Å². The number of halogens is 2. The van der Waals surface area contributed by atoms with Crippen molar-refractivity contribution in [2.24, 2.45) is 5.73 Å². The van der Waals surface area contributed by atoms with Crippen LogP contribution in [0.1, 0.15) is 18.0 Å². The maximum Gasteiger partial charge on any atom is 0.130 e. The Balaban J connectivity index is 2.19. The molecule has 0 saturated carbocycles. The average Bonchev–Trinajstić information content (AvgIpc) is 2.38. The molecular formula is C15H15Cl2NO2. The summed E-state index contributed by atoms with van der Waals surface area (Å²) in [6.07, 6.45) is 0.506. The van der Waals surface area contributed by atoms with Crippen LogP contribution < -0.4 is 10.5 Å². The Morgan fingerprint density at radius 3 is 2.40 bits per heavy atom. The molecule has 0 heterocycles. The molecule has 3 N–H and O–H groups in total. The van der Waals surface area contributed by atoms with Crippen molar-refractivity contribution in [3.05, 3.63) is 58.1 Å². The van der Waals surface area contributed by atoms with Gasteiger partial charge in [0.15, 0.2) is 0 Å². The van der Waals surface area contributed by atoms with E-state index in [2.05, 4.69) is 0 Å². The van der Waals surface area contributed by atoms with Crippen LogP contribution in [0.4, 0.5) is 0 Å². The van der Waals surface area contributed by atoms with Crippen LogP contribution in [0.15, 0.2) is 42.5 Å². The summed E-state index contributed by atoms with van der Waals surface area (Å²) in [6.45, 7) is 0.0517. The van der Waals surface area contributed by atoms with Crippen molar-refractivity contribution in [3.8, 4) is 11.5 Å². The van der Waals surface area contributed by atoms with Crippen LogP contribution >= 0.6 is 23.2 Å². The quantitative estimate of drug-likeness (QED) is 0.871. The number of aliphatic hydroxyl groups is 1. The van der Waals surface area contributed by atoms with Gasteiger partial charge in [0.1, 0.15) is 11.5 Å². The molecule has 0 fully saturated rings. The molecular weight excluding hydrogens is 297 g/mol. The lowest BCUT2D eigenvalue weighted by atomic mass is 10.1. The zero-order chi connectivity index (χ0) is 14.5. The summed E-state index contributed by atoms with van der Waals surface area (Å²) in [7, 11) is 0. The molecule has 20 heavy (non-hydrogen) atoms. The summed E-state index contributed by atoms with van der Waals surface area (Å²) in [5.74, 6) is 1.21. The van der Waals surface area contributed by atoms with Gasteiger partial charge in [0.05, 0.1) is 0 Å². The van der Waals surface area contributed by atoms with Gasteiger partial charge in [0.2, 0.25) is 0 Å². The minimum Gasteiger partial charge on any atom is -0.457 e. The summed E-state index contributed by atoms with van der Waals surface area (Å²) in [4.78, 5) is 0. The third-order valence-electron chi connectivity index (χ3n) is 2.80. The fourth-order valence-corrected chi connectivity index (χ4v) is 2.34. The Hall–Kier alpha value is -1.26. The highest BCUT2D eigenvalue weighted by Crippen LogP contribution is 2.29. The minimum atomic E-state index is -0.216. The molecule has 0 saturated heterocycles. The summed E-state index contributed by atoms with van der Waals surface area (Å²) in [5, 5.41) is 9.95. The Bertz CT molecular complexity index is 570. The van der Waals surface area contributed by atoms with E-state index in [0.29, 0.717) is 28.0 Å². The molecule has 106 valence electrons. The summed E-state index contributed by atoms with van der Waals surface area (Å²) in [5.41, 5.74) is 6.87. The van der Waals surface area contributed by atoms with E-state index in [0.717, 1.165) is 5.56 Å². The molecule has 1 unspecified atom stereocenters. The normalized spacial score (nSPS) is 12.2. The molecule has 0 bridgehead atoms. The molecule has 0 spiro atoms. The standard InChI is InChI=1S/C15H15Cl2NO2/c16-11-7-12(17)9-14(8-11)20-13-3-1-2-10(6-13)15(18)4-5-19/h1-3,6-9,15,19H,4-5,18H2. The lowest BCUT2D eigenvalue weighted by Gasteiger charge is -2.12. The van der Waals surface area contributed by atoms with Gasteiger partial charge in [0, 0.05) is 22.7 Å². The zero-order valence-corrected chi connectivity index (χ0v) is 12.2. The van der Waals surface area contributed by atoms with Crippen molar-refractivity contribution in [1.82, 2.24) is 0 Å². The van der Waals surface area contributed by atoms with Crippen LogP contribution in [0.25, 0.3) is 0 Å². The van der Waals surface area contributed by atoms with Gasteiger partial charge in [-0.1, -0.05) is 35.3 Å². The van der Waals surface area contributed by atoms with E-state index in [1.807, 2.05) is 24.3 Å². The van der Waals surface area contributed by atoms with Gasteiger partial charge in [-0.2, -0.15) is 0 Å². The highest BCUT2D eigenvalue weighted by atomic mass is 35.5. The van der Waals surface area contributed by atoms with Crippen LogP contribution in [0.5, 0.6) is 11.5 Å². The molecule has 0 radical (unpaired) electrons. The van der Waals surface area contributed by atoms with E-state index < -0.39 is 0 Å². The first-order chi connectivity index (χ1) is 9.58. The number of aliphatic hydroxyl groups excluding tert-OH is 1. The first-order valence-electron chi connectivity index (χ1n) is 6.19. The monoisotopic (exact) mass is 311 g/mol. The number of nitrogens with two attached hydrogens (primary N) is 1. The fourth-order valence-electron chi connectivity index (χ4n) is 1.84. The molecule has 0 aromatic heterocycles. The third kappa shape index (κ3) is 4.12. The van der Waals surface area contributed by atoms with Crippen molar-refractivity contribution in [2.75, 3.05) is 6.61 Å². The van der Waals surface area contributed by atoms with Crippen molar-refractivity contribution >= 4 is 23.2 Å². The first kappa shape index (κ1) is 15.1. The van der Waals surface area contributed by atoms with Crippen molar-refractivity contribution in [1.29, 1.82) is 0 Å². The number of ether oxygens (including phenoxy) is 1. The van der Waals surface area contributed by atoms with E-state index in [1.54, 1.807) is 18.2 Å². The van der Waals surface area contributed by atoms with E-state index in [4.69, 9.17) is 38.8 Å². The van der Waals surface area contributed by atoms with Gasteiger partial charge < -0.3 is 15.6 Å². The van der Waals surface area contributed by atoms with E-state index in [9.17, 15) is 0 Å². The number of benzene rings is 2. The van der Waals surface area contributed by atoms with Gasteiger partial charge in [-0.25, -0.2) is 0 Å². The second-order valence-electron chi connectivity index (χ2n) is 4.40. The SMILES string of the molecule is NC(CCO)c1cccc(Oc2cc(Cl)cc(Cl)c2)c1. The van der Waals surface area contributed by atoms with Crippen LogP contribution in [-0.4, -0.2) is 11.7 Å². The average molecular weight is 312 g/mol. The highest BCUT2D eigenvalue weighted by Gasteiger charge is 2.07. The van der Waals surface area contributed by atoms with Crippen LogP contribution in [0.2, 0.25) is 10.0 Å². The third-order valence-corrected chi connectivity index (χ3v) is 3.23. The zero-order valence-electron chi connectivity index (χ0n) is 10.7. The predicted molar refractivity (Wildman–Crippen MR) is 81.6 cm³/mol. The molecule has 1 atom stereocenters. The molecule has 0 aliphatic rings. The largest absolute Gasteiger partial charge is 0.457 e. The molecule has 2 aromatic carbocycles. The van der Waals surface area contributed by atoms with Crippen LogP contribution in [-0.2, 0) is 0 Å². The minimum absolute atomic E-state index is 0.0517. The summed E-state index contributed by atoms with van der Waals surface area (Å²) in [6, 6.07) is 12.2. The molecule has 3 nitrogen and oxygen atoms in total.